The molecular formula is C19H28IN5O2S. The number of benzene rings is 1. The van der Waals surface area contributed by atoms with E-state index in [1.165, 1.54) is 4.88 Å². The van der Waals surface area contributed by atoms with Gasteiger partial charge in [-0.25, -0.2) is 4.98 Å². The van der Waals surface area contributed by atoms with Crippen molar-refractivity contribution in [1.82, 2.24) is 20.9 Å². The van der Waals surface area contributed by atoms with E-state index >= 15 is 0 Å². The fourth-order valence-corrected chi connectivity index (χ4v) is 3.10. The van der Waals surface area contributed by atoms with E-state index in [2.05, 4.69) is 32.9 Å². The number of thiazole rings is 1. The first kappa shape index (κ1) is 24.2. The first-order chi connectivity index (χ1) is 13.1. The maximum atomic E-state index is 12.1. The number of halogens is 1. The summed E-state index contributed by atoms with van der Waals surface area (Å²) in [5.41, 5.74) is 0.607. The Morgan fingerprint density at radius 2 is 1.89 bits per heavy atom. The Kier molecular flexibility index (Phi) is 11.5. The third kappa shape index (κ3) is 8.42. The van der Waals surface area contributed by atoms with Gasteiger partial charge in [-0.15, -0.1) is 35.3 Å². The highest BCUT2D eigenvalue weighted by molar-refractivity contribution is 14.0. The third-order valence-electron chi connectivity index (χ3n) is 3.66. The molecule has 0 aliphatic carbocycles. The van der Waals surface area contributed by atoms with Crippen LogP contribution in [0.4, 0.5) is 0 Å². The number of aliphatic imine (C=N–C) groups is 1. The number of hydrogen-bond acceptors (Lipinski definition) is 5. The Morgan fingerprint density at radius 3 is 2.50 bits per heavy atom. The van der Waals surface area contributed by atoms with Crippen LogP contribution in [0.1, 0.15) is 27.2 Å². The predicted molar refractivity (Wildman–Crippen MR) is 125 cm³/mol. The van der Waals surface area contributed by atoms with Crippen molar-refractivity contribution in [3.8, 4) is 5.75 Å². The van der Waals surface area contributed by atoms with Gasteiger partial charge in [0.05, 0.1) is 12.1 Å². The van der Waals surface area contributed by atoms with E-state index < -0.39 is 0 Å². The largest absolute Gasteiger partial charge is 0.497 e. The van der Waals surface area contributed by atoms with Crippen molar-refractivity contribution in [2.24, 2.45) is 4.99 Å². The van der Waals surface area contributed by atoms with Gasteiger partial charge in [0, 0.05) is 49.2 Å². The zero-order valence-electron chi connectivity index (χ0n) is 16.4. The number of hydrogen-bond donors (Lipinski definition) is 3. The van der Waals surface area contributed by atoms with Gasteiger partial charge in [0.1, 0.15) is 5.75 Å². The van der Waals surface area contributed by atoms with Crippen molar-refractivity contribution in [3.63, 3.8) is 0 Å². The molecule has 0 atom stereocenters. The summed E-state index contributed by atoms with van der Waals surface area (Å²) in [6.45, 7) is 6.61. The van der Waals surface area contributed by atoms with Crippen LogP contribution >= 0.6 is 35.3 Å². The van der Waals surface area contributed by atoms with Gasteiger partial charge in [-0.1, -0.05) is 0 Å². The van der Waals surface area contributed by atoms with Crippen LogP contribution in [-0.2, 0) is 6.42 Å². The number of methoxy groups -OCH3 is 1. The molecule has 0 radical (unpaired) electrons. The van der Waals surface area contributed by atoms with Crippen molar-refractivity contribution >= 4 is 47.2 Å². The highest BCUT2D eigenvalue weighted by atomic mass is 127. The van der Waals surface area contributed by atoms with Crippen molar-refractivity contribution in [3.05, 3.63) is 45.9 Å². The lowest BCUT2D eigenvalue weighted by atomic mass is 10.2. The van der Waals surface area contributed by atoms with Gasteiger partial charge in [-0.2, -0.15) is 0 Å². The van der Waals surface area contributed by atoms with Gasteiger partial charge in [0.2, 0.25) is 0 Å². The number of rotatable bonds is 9. The minimum Gasteiger partial charge on any atom is -0.497 e. The van der Waals surface area contributed by atoms with E-state index in [4.69, 9.17) is 4.74 Å². The minimum atomic E-state index is -0.111. The molecule has 2 aromatic rings. The SMILES string of the molecule is CCNC(=NCCc1ncc(C)s1)NCCNC(=O)c1ccc(OC)cc1.I. The number of aromatic nitrogens is 1. The summed E-state index contributed by atoms with van der Waals surface area (Å²) in [5.74, 6) is 1.36. The molecule has 1 aromatic heterocycles. The number of nitrogens with one attached hydrogen (secondary N) is 3. The monoisotopic (exact) mass is 517 g/mol. The topological polar surface area (TPSA) is 87.6 Å². The van der Waals surface area contributed by atoms with Crippen LogP contribution in [-0.4, -0.2) is 50.1 Å². The number of aryl methyl sites for hydroxylation is 1. The zero-order valence-corrected chi connectivity index (χ0v) is 19.6. The molecule has 7 nitrogen and oxygen atoms in total. The van der Waals surface area contributed by atoms with Crippen molar-refractivity contribution < 1.29 is 9.53 Å². The lowest BCUT2D eigenvalue weighted by molar-refractivity contribution is 0.0954. The number of guanidine groups is 1. The fourth-order valence-electron chi connectivity index (χ4n) is 2.32. The average Bonchev–Trinajstić information content (AvgIpc) is 3.10. The van der Waals surface area contributed by atoms with Gasteiger partial charge in [0.15, 0.2) is 5.96 Å². The van der Waals surface area contributed by atoms with E-state index in [1.54, 1.807) is 42.7 Å². The summed E-state index contributed by atoms with van der Waals surface area (Å²) in [5, 5.41) is 10.4. The molecule has 9 heteroatoms. The second kappa shape index (κ2) is 13.3. The van der Waals surface area contributed by atoms with Crippen molar-refractivity contribution in [1.29, 1.82) is 0 Å². The van der Waals surface area contributed by atoms with Crippen LogP contribution in [0.2, 0.25) is 0 Å². The second-order valence-corrected chi connectivity index (χ2v) is 7.11. The molecule has 0 fully saturated rings. The number of ether oxygens (including phenoxy) is 1. The lowest BCUT2D eigenvalue weighted by Crippen LogP contribution is -2.41. The van der Waals surface area contributed by atoms with Crippen molar-refractivity contribution in [2.45, 2.75) is 20.3 Å². The standard InChI is InChI=1S/C19H27N5O2S.HI/c1-4-20-19(22-10-9-17-24-13-14(2)27-17)23-12-11-21-18(25)15-5-7-16(26-3)8-6-15;/h5-8,13H,4,9-12H2,1-3H3,(H,21,25)(H2,20,22,23);1H. The first-order valence-corrected chi connectivity index (χ1v) is 9.79. The van der Waals surface area contributed by atoms with E-state index in [1.807, 2.05) is 13.1 Å². The van der Waals surface area contributed by atoms with E-state index in [0.29, 0.717) is 25.2 Å². The van der Waals surface area contributed by atoms with Gasteiger partial charge in [0.25, 0.3) is 5.91 Å². The van der Waals surface area contributed by atoms with E-state index in [0.717, 1.165) is 29.7 Å². The fraction of sp³-hybridized carbons (Fsp3) is 0.421. The summed E-state index contributed by atoms with van der Waals surface area (Å²) in [6, 6.07) is 7.03. The molecule has 1 amide bonds. The van der Waals surface area contributed by atoms with E-state index in [-0.39, 0.29) is 29.9 Å². The normalized spacial score (nSPS) is 10.8. The number of nitrogens with zero attached hydrogens (tertiary/aromatic N) is 2. The highest BCUT2D eigenvalue weighted by Crippen LogP contribution is 2.12. The molecular weight excluding hydrogens is 489 g/mol. The predicted octanol–water partition coefficient (Wildman–Crippen LogP) is 2.61. The summed E-state index contributed by atoms with van der Waals surface area (Å²) in [4.78, 5) is 22.2. The molecule has 1 heterocycles. The molecule has 0 bridgehead atoms. The van der Waals surface area contributed by atoms with Crippen LogP contribution in [0.3, 0.4) is 0 Å². The maximum Gasteiger partial charge on any atom is 0.251 e. The third-order valence-corrected chi connectivity index (χ3v) is 4.64. The van der Waals surface area contributed by atoms with Gasteiger partial charge in [-0.05, 0) is 38.1 Å². The Labute approximate surface area is 187 Å². The minimum absolute atomic E-state index is 0. The Bertz CT molecular complexity index is 749. The Morgan fingerprint density at radius 1 is 1.18 bits per heavy atom. The molecule has 0 aliphatic heterocycles. The summed E-state index contributed by atoms with van der Waals surface area (Å²) in [7, 11) is 1.60. The molecule has 0 saturated carbocycles. The second-order valence-electron chi connectivity index (χ2n) is 5.79. The Hall–Kier alpha value is -1.88. The van der Waals surface area contributed by atoms with Gasteiger partial charge >= 0.3 is 0 Å². The number of amides is 1. The van der Waals surface area contributed by atoms with Crippen LogP contribution < -0.4 is 20.7 Å². The molecule has 3 N–H and O–H groups in total. The summed E-state index contributed by atoms with van der Waals surface area (Å²) in [6.07, 6.45) is 2.71. The zero-order chi connectivity index (χ0) is 19.5. The van der Waals surface area contributed by atoms with Gasteiger partial charge < -0.3 is 20.7 Å². The van der Waals surface area contributed by atoms with Crippen LogP contribution in [0.25, 0.3) is 0 Å². The first-order valence-electron chi connectivity index (χ1n) is 8.98. The molecule has 2 rings (SSSR count). The van der Waals surface area contributed by atoms with E-state index in [9.17, 15) is 4.79 Å². The molecule has 28 heavy (non-hydrogen) atoms. The highest BCUT2D eigenvalue weighted by Gasteiger charge is 2.05. The van der Waals surface area contributed by atoms with Gasteiger partial charge in [-0.3, -0.25) is 9.79 Å². The molecule has 0 spiro atoms. The van der Waals surface area contributed by atoms with Crippen molar-refractivity contribution in [2.75, 3.05) is 33.3 Å². The lowest BCUT2D eigenvalue weighted by Gasteiger charge is -2.12. The molecule has 0 aliphatic rings. The number of carbonyl (C=O) groups is 1. The number of carbonyl (C=O) groups excluding carboxylic acids is 1. The molecule has 0 saturated heterocycles. The Balaban J connectivity index is 0.00000392. The smallest absolute Gasteiger partial charge is 0.251 e. The van der Waals surface area contributed by atoms with Crippen LogP contribution in [0.5, 0.6) is 5.75 Å². The van der Waals surface area contributed by atoms with Crippen LogP contribution in [0, 0.1) is 6.92 Å². The van der Waals surface area contributed by atoms with Crippen LogP contribution in [0.15, 0.2) is 35.5 Å². The summed E-state index contributed by atoms with van der Waals surface area (Å²) >= 11 is 1.70. The molecule has 1 aromatic carbocycles. The maximum absolute atomic E-state index is 12.1. The quantitative estimate of drug-likeness (QED) is 0.206. The summed E-state index contributed by atoms with van der Waals surface area (Å²) < 4.78 is 5.09. The average molecular weight is 517 g/mol. The molecule has 154 valence electrons. The molecule has 0 unspecified atom stereocenters.